The average molecular weight is 440 g/mol. The molecule has 0 radical (unpaired) electrons. The number of urea groups is 1. The second-order valence-electron chi connectivity index (χ2n) is 9.44. The number of hydrogen-bond acceptors (Lipinski definition) is 5. The predicted octanol–water partition coefficient (Wildman–Crippen LogP) is 0.641. The zero-order chi connectivity index (χ0) is 22.6. The average Bonchev–Trinajstić information content (AvgIpc) is 3.47. The summed E-state index contributed by atoms with van der Waals surface area (Å²) in [4.78, 5) is 47.3. The number of aryl methyl sites for hydroxylation is 1. The van der Waals surface area contributed by atoms with Crippen molar-refractivity contribution in [3.8, 4) is 0 Å². The number of carbonyl (C=O) groups excluding carboxylic acids is 2. The van der Waals surface area contributed by atoms with Crippen molar-refractivity contribution in [1.29, 1.82) is 0 Å². The molecular formula is C22H29N7O3. The molecule has 5 rings (SSSR count). The third-order valence-corrected chi connectivity index (χ3v) is 6.98. The highest BCUT2D eigenvalue weighted by molar-refractivity contribution is 5.92. The Morgan fingerprint density at radius 3 is 2.66 bits per heavy atom. The Hall–Kier alpha value is -3.17. The molecule has 3 amide bonds. The molecule has 0 bridgehead atoms. The molecule has 1 spiro atoms. The van der Waals surface area contributed by atoms with Gasteiger partial charge in [0.15, 0.2) is 0 Å². The van der Waals surface area contributed by atoms with Crippen LogP contribution in [0.15, 0.2) is 17.1 Å². The highest BCUT2D eigenvalue weighted by Gasteiger charge is 2.48. The summed E-state index contributed by atoms with van der Waals surface area (Å²) in [5, 5.41) is 7.04. The summed E-state index contributed by atoms with van der Waals surface area (Å²) in [7, 11) is 1.74. The van der Waals surface area contributed by atoms with Crippen molar-refractivity contribution in [3.63, 3.8) is 0 Å². The Labute approximate surface area is 186 Å². The fraction of sp³-hybridized carbons (Fsp3) is 0.591. The third-order valence-electron chi connectivity index (χ3n) is 6.98. The van der Waals surface area contributed by atoms with Gasteiger partial charge in [-0.05, 0) is 32.8 Å². The normalized spacial score (nSPS) is 21.9. The molecule has 1 atom stereocenters. The SMILES string of the molecule is CC(C)NC(=O)N1CC[C@]2(CCn3c2nc2c(c3=O)CN(C(=O)c3ccnn3C)CC2)C1. The molecular weight excluding hydrogens is 410 g/mol. The summed E-state index contributed by atoms with van der Waals surface area (Å²) >= 11 is 0. The smallest absolute Gasteiger partial charge is 0.317 e. The van der Waals surface area contributed by atoms with Gasteiger partial charge in [-0.2, -0.15) is 5.10 Å². The van der Waals surface area contributed by atoms with E-state index in [1.165, 1.54) is 0 Å². The Morgan fingerprint density at radius 1 is 1.16 bits per heavy atom. The van der Waals surface area contributed by atoms with Gasteiger partial charge in [0.1, 0.15) is 11.5 Å². The van der Waals surface area contributed by atoms with Crippen molar-refractivity contribution in [2.75, 3.05) is 19.6 Å². The standard InChI is InChI=1S/C22H29N7O3/c1-14(2)24-21(32)28-10-6-22(13-28)7-11-29-18(30)15-12-27(9-5-16(15)25-20(22)29)19(31)17-4-8-23-26(17)3/h4,8,14H,5-7,9-13H2,1-3H3,(H,24,32)/t22-/m0/s1. The summed E-state index contributed by atoms with van der Waals surface area (Å²) < 4.78 is 3.33. The van der Waals surface area contributed by atoms with E-state index in [0.29, 0.717) is 43.9 Å². The first-order valence-electron chi connectivity index (χ1n) is 11.2. The maximum Gasteiger partial charge on any atom is 0.317 e. The molecule has 0 saturated carbocycles. The van der Waals surface area contributed by atoms with Gasteiger partial charge in [0, 0.05) is 57.3 Å². The van der Waals surface area contributed by atoms with Crippen LogP contribution in [0.2, 0.25) is 0 Å². The van der Waals surface area contributed by atoms with Crippen LogP contribution in [0.3, 0.4) is 0 Å². The van der Waals surface area contributed by atoms with Crippen molar-refractivity contribution >= 4 is 11.9 Å². The first-order valence-corrected chi connectivity index (χ1v) is 11.2. The maximum absolute atomic E-state index is 13.4. The van der Waals surface area contributed by atoms with Gasteiger partial charge >= 0.3 is 6.03 Å². The van der Waals surface area contributed by atoms with Crippen LogP contribution >= 0.6 is 0 Å². The fourth-order valence-corrected chi connectivity index (χ4v) is 5.25. The lowest BCUT2D eigenvalue weighted by atomic mass is 9.85. The van der Waals surface area contributed by atoms with E-state index in [2.05, 4.69) is 10.4 Å². The topological polar surface area (TPSA) is 105 Å². The molecule has 32 heavy (non-hydrogen) atoms. The molecule has 3 aliphatic heterocycles. The van der Waals surface area contributed by atoms with Gasteiger partial charge in [-0.1, -0.05) is 0 Å². The van der Waals surface area contributed by atoms with E-state index in [1.807, 2.05) is 18.7 Å². The molecule has 1 fully saturated rings. The number of hydrogen-bond donors (Lipinski definition) is 1. The number of rotatable bonds is 2. The van der Waals surface area contributed by atoms with E-state index >= 15 is 0 Å². The summed E-state index contributed by atoms with van der Waals surface area (Å²) in [6.07, 6.45) is 3.77. The number of amides is 3. The van der Waals surface area contributed by atoms with Crippen LogP contribution in [-0.4, -0.2) is 66.7 Å². The van der Waals surface area contributed by atoms with Gasteiger partial charge in [0.2, 0.25) is 0 Å². The van der Waals surface area contributed by atoms with Crippen LogP contribution in [0, 0.1) is 0 Å². The molecule has 0 aliphatic carbocycles. The Morgan fingerprint density at radius 2 is 1.94 bits per heavy atom. The summed E-state index contributed by atoms with van der Waals surface area (Å²) in [6, 6.07) is 1.72. The molecule has 2 aromatic rings. The molecule has 1 N–H and O–H groups in total. The van der Waals surface area contributed by atoms with E-state index in [4.69, 9.17) is 4.98 Å². The zero-order valence-electron chi connectivity index (χ0n) is 18.8. The molecule has 1 saturated heterocycles. The van der Waals surface area contributed by atoms with Crippen LogP contribution in [0.1, 0.15) is 54.3 Å². The fourth-order valence-electron chi connectivity index (χ4n) is 5.25. The molecule has 0 aromatic carbocycles. The highest BCUT2D eigenvalue weighted by Crippen LogP contribution is 2.41. The molecule has 10 heteroatoms. The van der Waals surface area contributed by atoms with Crippen LogP contribution < -0.4 is 10.9 Å². The minimum Gasteiger partial charge on any atom is -0.336 e. The Kier molecular flexibility index (Phi) is 4.83. The third kappa shape index (κ3) is 3.20. The highest BCUT2D eigenvalue weighted by atomic mass is 16.2. The lowest BCUT2D eigenvalue weighted by molar-refractivity contribution is 0.0720. The van der Waals surface area contributed by atoms with E-state index in [0.717, 1.165) is 24.4 Å². The molecule has 5 heterocycles. The second kappa shape index (κ2) is 7.46. The predicted molar refractivity (Wildman–Crippen MR) is 116 cm³/mol. The summed E-state index contributed by atoms with van der Waals surface area (Å²) in [6.45, 7) is 6.53. The van der Waals surface area contributed by atoms with Crippen LogP contribution in [0.25, 0.3) is 0 Å². The van der Waals surface area contributed by atoms with Crippen LogP contribution in [0.4, 0.5) is 4.79 Å². The lowest BCUT2D eigenvalue weighted by Crippen LogP contribution is -2.44. The molecule has 10 nitrogen and oxygen atoms in total. The second-order valence-corrected chi connectivity index (χ2v) is 9.44. The maximum atomic E-state index is 13.4. The van der Waals surface area contributed by atoms with E-state index in [1.54, 1.807) is 33.5 Å². The molecule has 0 unspecified atom stereocenters. The first kappa shape index (κ1) is 20.7. The largest absolute Gasteiger partial charge is 0.336 e. The van der Waals surface area contributed by atoms with Crippen molar-refractivity contribution < 1.29 is 9.59 Å². The van der Waals surface area contributed by atoms with Crippen molar-refractivity contribution in [2.45, 2.75) is 57.7 Å². The molecule has 3 aliphatic rings. The summed E-state index contributed by atoms with van der Waals surface area (Å²) in [5.41, 5.74) is 1.60. The number of fused-ring (bicyclic) bond motifs is 3. The number of carbonyl (C=O) groups is 2. The minimum atomic E-state index is -0.260. The van der Waals surface area contributed by atoms with Crippen molar-refractivity contribution in [1.82, 2.24) is 34.4 Å². The molecule has 2 aromatic heterocycles. The van der Waals surface area contributed by atoms with Gasteiger partial charge < -0.3 is 15.1 Å². The minimum absolute atomic E-state index is 0.0468. The monoisotopic (exact) mass is 439 g/mol. The van der Waals surface area contributed by atoms with Crippen molar-refractivity contribution in [3.05, 3.63) is 45.4 Å². The number of nitrogens with zero attached hydrogens (tertiary/aromatic N) is 6. The van der Waals surface area contributed by atoms with E-state index < -0.39 is 0 Å². The van der Waals surface area contributed by atoms with Gasteiger partial charge in [-0.15, -0.1) is 0 Å². The van der Waals surface area contributed by atoms with Crippen LogP contribution in [0.5, 0.6) is 0 Å². The van der Waals surface area contributed by atoms with Gasteiger partial charge in [-0.3, -0.25) is 18.8 Å². The number of likely N-dealkylation sites (tertiary alicyclic amines) is 1. The Balaban J connectivity index is 1.41. The molecule has 170 valence electrons. The van der Waals surface area contributed by atoms with E-state index in [-0.39, 0.29) is 35.5 Å². The van der Waals surface area contributed by atoms with Gasteiger partial charge in [-0.25, -0.2) is 9.78 Å². The number of aromatic nitrogens is 4. The quantitative estimate of drug-likeness (QED) is 0.739. The van der Waals surface area contributed by atoms with Crippen LogP contribution in [-0.2, 0) is 32.0 Å². The van der Waals surface area contributed by atoms with Crippen molar-refractivity contribution in [2.24, 2.45) is 7.05 Å². The van der Waals surface area contributed by atoms with E-state index in [9.17, 15) is 14.4 Å². The Bertz CT molecular complexity index is 1150. The summed E-state index contributed by atoms with van der Waals surface area (Å²) in [5.74, 6) is 0.687. The van der Waals surface area contributed by atoms with Gasteiger partial charge in [0.05, 0.1) is 17.8 Å². The number of nitrogens with one attached hydrogen (secondary N) is 1. The van der Waals surface area contributed by atoms with Gasteiger partial charge in [0.25, 0.3) is 11.5 Å². The first-order chi connectivity index (χ1) is 15.3. The zero-order valence-corrected chi connectivity index (χ0v) is 18.8. The lowest BCUT2D eigenvalue weighted by Gasteiger charge is -2.30.